The van der Waals surface area contributed by atoms with E-state index in [1.807, 2.05) is 0 Å². The highest BCUT2D eigenvalue weighted by Crippen LogP contribution is 2.21. The molecule has 1 heterocycles. The molecule has 2 nitrogen and oxygen atoms in total. The number of imidazole rings is 1. The van der Waals surface area contributed by atoms with E-state index in [0.717, 1.165) is 6.33 Å². The molecular formula is C4H2ClF2IN2. The molecule has 0 aromatic carbocycles. The molecular weight excluding hydrogens is 276 g/mol. The summed E-state index contributed by atoms with van der Waals surface area (Å²) in [6, 6.07) is 0. The van der Waals surface area contributed by atoms with Gasteiger partial charge in [-0.25, -0.2) is 4.98 Å². The van der Waals surface area contributed by atoms with Gasteiger partial charge in [-0.1, -0.05) is 11.6 Å². The summed E-state index contributed by atoms with van der Waals surface area (Å²) >= 11 is 7.10. The van der Waals surface area contributed by atoms with Crippen molar-refractivity contribution in [3.8, 4) is 0 Å². The molecule has 0 aliphatic carbocycles. The smallest absolute Gasteiger partial charge is 0.266 e. The highest BCUT2D eigenvalue weighted by molar-refractivity contribution is 14.1. The molecule has 1 aromatic rings. The summed E-state index contributed by atoms with van der Waals surface area (Å²) in [4.78, 5) is 3.48. The Morgan fingerprint density at radius 3 is 2.50 bits per heavy atom. The molecule has 0 radical (unpaired) electrons. The number of rotatable bonds is 1. The predicted octanol–water partition coefficient (Wildman–Crippen LogP) is 2.54. The second-order valence-corrected chi connectivity index (χ2v) is 2.89. The minimum Gasteiger partial charge on any atom is -0.266 e. The molecule has 6 heteroatoms. The molecule has 10 heavy (non-hydrogen) atoms. The van der Waals surface area contributed by atoms with E-state index in [2.05, 4.69) is 4.98 Å². The first kappa shape index (κ1) is 8.19. The summed E-state index contributed by atoms with van der Waals surface area (Å²) in [5.74, 6) is 0. The van der Waals surface area contributed by atoms with Crippen LogP contribution in [0.5, 0.6) is 0 Å². The summed E-state index contributed by atoms with van der Waals surface area (Å²) in [7, 11) is 0. The normalized spacial score (nSPS) is 10.9. The van der Waals surface area contributed by atoms with Crippen molar-refractivity contribution in [2.75, 3.05) is 0 Å². The standard InChI is InChI=1S/C4H2ClF2IN2/c5-2-3(8)10(1-9-2)4(6)7/h1,4H. The van der Waals surface area contributed by atoms with E-state index in [-0.39, 0.29) is 8.85 Å². The topological polar surface area (TPSA) is 17.8 Å². The fraction of sp³-hybridized carbons (Fsp3) is 0.250. The van der Waals surface area contributed by atoms with Gasteiger partial charge in [0.15, 0.2) is 5.15 Å². The Kier molecular flexibility index (Phi) is 2.45. The van der Waals surface area contributed by atoms with Crippen molar-refractivity contribution in [3.63, 3.8) is 0 Å². The Hall–Kier alpha value is 0.0900. The van der Waals surface area contributed by atoms with Crippen LogP contribution in [-0.2, 0) is 0 Å². The average Bonchev–Trinajstić information content (AvgIpc) is 2.14. The molecule has 1 rings (SSSR count). The summed E-state index contributed by atoms with van der Waals surface area (Å²) < 4.78 is 24.8. The Labute approximate surface area is 74.3 Å². The van der Waals surface area contributed by atoms with Crippen molar-refractivity contribution < 1.29 is 8.78 Å². The van der Waals surface area contributed by atoms with Crippen LogP contribution in [0.1, 0.15) is 6.55 Å². The molecule has 0 saturated heterocycles. The highest BCUT2D eigenvalue weighted by atomic mass is 127. The summed E-state index contributed by atoms with van der Waals surface area (Å²) in [5.41, 5.74) is 0. The summed E-state index contributed by atoms with van der Waals surface area (Å²) in [5, 5.41) is 0.112. The maximum Gasteiger partial charge on any atom is 0.320 e. The third-order valence-electron chi connectivity index (χ3n) is 0.903. The van der Waals surface area contributed by atoms with Gasteiger partial charge in [0, 0.05) is 0 Å². The first-order chi connectivity index (χ1) is 4.63. The van der Waals surface area contributed by atoms with Crippen LogP contribution in [0.25, 0.3) is 0 Å². The van der Waals surface area contributed by atoms with Gasteiger partial charge >= 0.3 is 6.55 Å². The average molecular weight is 278 g/mol. The van der Waals surface area contributed by atoms with E-state index < -0.39 is 6.55 Å². The van der Waals surface area contributed by atoms with E-state index in [0.29, 0.717) is 4.57 Å². The zero-order valence-corrected chi connectivity index (χ0v) is 7.47. The van der Waals surface area contributed by atoms with E-state index in [9.17, 15) is 8.78 Å². The molecule has 0 fully saturated rings. The third-order valence-corrected chi connectivity index (χ3v) is 2.57. The van der Waals surface area contributed by atoms with Crippen molar-refractivity contribution in [3.05, 3.63) is 15.2 Å². The van der Waals surface area contributed by atoms with Gasteiger partial charge in [-0.3, -0.25) is 4.57 Å². The minimum atomic E-state index is -2.56. The van der Waals surface area contributed by atoms with Gasteiger partial charge < -0.3 is 0 Å². The lowest BCUT2D eigenvalue weighted by Gasteiger charge is -1.98. The van der Waals surface area contributed by atoms with Crippen LogP contribution in [0, 0.1) is 3.70 Å². The Morgan fingerprint density at radius 1 is 1.70 bits per heavy atom. The maximum atomic E-state index is 11.9. The molecule has 0 bridgehead atoms. The lowest BCUT2D eigenvalue weighted by molar-refractivity contribution is 0.0676. The van der Waals surface area contributed by atoms with Gasteiger partial charge in [0.1, 0.15) is 10.0 Å². The molecule has 0 N–H and O–H groups in total. The minimum absolute atomic E-state index is 0.112. The van der Waals surface area contributed by atoms with E-state index in [1.165, 1.54) is 0 Å². The van der Waals surface area contributed by atoms with Crippen LogP contribution in [0.4, 0.5) is 8.78 Å². The van der Waals surface area contributed by atoms with E-state index in [1.54, 1.807) is 22.6 Å². The predicted molar refractivity (Wildman–Crippen MR) is 41.2 cm³/mol. The second-order valence-electron chi connectivity index (χ2n) is 1.51. The number of alkyl halides is 2. The second kappa shape index (κ2) is 3.00. The summed E-state index contributed by atoms with van der Waals surface area (Å²) in [6.45, 7) is -2.56. The lowest BCUT2D eigenvalue weighted by atomic mass is 10.9. The molecule has 0 aliphatic rings. The summed E-state index contributed by atoms with van der Waals surface area (Å²) in [6.07, 6.45) is 1.01. The third kappa shape index (κ3) is 1.39. The molecule has 56 valence electrons. The Morgan fingerprint density at radius 2 is 2.30 bits per heavy atom. The number of hydrogen-bond acceptors (Lipinski definition) is 1. The van der Waals surface area contributed by atoms with Crippen LogP contribution in [0.3, 0.4) is 0 Å². The van der Waals surface area contributed by atoms with Crippen molar-refractivity contribution in [2.45, 2.75) is 6.55 Å². The lowest BCUT2D eigenvalue weighted by Crippen LogP contribution is -1.97. The van der Waals surface area contributed by atoms with Crippen LogP contribution >= 0.6 is 34.2 Å². The van der Waals surface area contributed by atoms with Gasteiger partial charge in [-0.05, 0) is 22.6 Å². The molecule has 0 amide bonds. The number of halogens is 4. The fourth-order valence-electron chi connectivity index (χ4n) is 0.459. The fourth-order valence-corrected chi connectivity index (χ4v) is 1.08. The highest BCUT2D eigenvalue weighted by Gasteiger charge is 2.12. The molecule has 0 saturated carbocycles. The largest absolute Gasteiger partial charge is 0.320 e. The first-order valence-electron chi connectivity index (χ1n) is 2.29. The van der Waals surface area contributed by atoms with Crippen LogP contribution < -0.4 is 0 Å². The maximum absolute atomic E-state index is 11.9. The Balaban J connectivity index is 3.05. The van der Waals surface area contributed by atoms with Gasteiger partial charge in [0.2, 0.25) is 0 Å². The van der Waals surface area contributed by atoms with Crippen LogP contribution in [0.15, 0.2) is 6.33 Å². The van der Waals surface area contributed by atoms with Crippen LogP contribution in [0.2, 0.25) is 5.15 Å². The molecule has 0 unspecified atom stereocenters. The van der Waals surface area contributed by atoms with Crippen molar-refractivity contribution >= 4 is 34.2 Å². The van der Waals surface area contributed by atoms with E-state index >= 15 is 0 Å². The van der Waals surface area contributed by atoms with Crippen molar-refractivity contribution in [2.24, 2.45) is 0 Å². The van der Waals surface area contributed by atoms with E-state index in [4.69, 9.17) is 11.6 Å². The SMILES string of the molecule is FC(F)n1cnc(Cl)c1I. The van der Waals surface area contributed by atoms with Crippen LogP contribution in [-0.4, -0.2) is 9.55 Å². The van der Waals surface area contributed by atoms with Gasteiger partial charge in [-0.15, -0.1) is 0 Å². The molecule has 0 aliphatic heterocycles. The molecule has 1 aromatic heterocycles. The first-order valence-corrected chi connectivity index (χ1v) is 3.74. The number of hydrogen-bond donors (Lipinski definition) is 0. The van der Waals surface area contributed by atoms with Crippen molar-refractivity contribution in [1.82, 2.24) is 9.55 Å². The number of aromatic nitrogens is 2. The number of nitrogens with zero attached hydrogens (tertiary/aromatic N) is 2. The van der Waals surface area contributed by atoms with Gasteiger partial charge in [0.05, 0.1) is 0 Å². The monoisotopic (exact) mass is 278 g/mol. The quantitative estimate of drug-likeness (QED) is 0.722. The Bertz CT molecular complexity index is 237. The molecule has 0 spiro atoms. The van der Waals surface area contributed by atoms with Gasteiger partial charge in [-0.2, -0.15) is 8.78 Å². The van der Waals surface area contributed by atoms with Gasteiger partial charge in [0.25, 0.3) is 0 Å². The zero-order chi connectivity index (χ0) is 7.72. The van der Waals surface area contributed by atoms with Crippen molar-refractivity contribution in [1.29, 1.82) is 0 Å². The molecule has 0 atom stereocenters. The zero-order valence-electron chi connectivity index (χ0n) is 4.56.